The summed E-state index contributed by atoms with van der Waals surface area (Å²) in [6.45, 7) is 0. The lowest BCUT2D eigenvalue weighted by Crippen LogP contribution is -2.17. The molecule has 86 valence electrons. The van der Waals surface area contributed by atoms with Crippen molar-refractivity contribution in [3.05, 3.63) is 17.1 Å². The minimum absolute atomic E-state index is 0.228. The number of hydrogen-bond donors (Lipinski definition) is 1. The Labute approximate surface area is 104 Å². The highest BCUT2D eigenvalue weighted by atomic mass is 35.5. The molecule has 0 amide bonds. The van der Waals surface area contributed by atoms with Crippen LogP contribution >= 0.6 is 34.7 Å². The average molecular weight is 283 g/mol. The lowest BCUT2D eigenvalue weighted by Gasteiger charge is -1.99. The number of carbonyl (C=O) groups is 2. The van der Waals surface area contributed by atoms with Crippen LogP contribution in [0.5, 0.6) is 0 Å². The molecule has 9 heteroatoms. The molecular weight excluding hydrogens is 279 g/mol. The van der Waals surface area contributed by atoms with Crippen LogP contribution in [0.4, 0.5) is 0 Å². The van der Waals surface area contributed by atoms with Gasteiger partial charge in [0.25, 0.3) is 0 Å². The monoisotopic (exact) mass is 282 g/mol. The molecule has 1 N–H and O–H groups in total. The largest absolute Gasteiger partial charge is 0.476 e. The summed E-state index contributed by atoms with van der Waals surface area (Å²) >= 11 is 11.4. The van der Waals surface area contributed by atoms with Gasteiger partial charge in [-0.2, -0.15) is 0 Å². The Hall–Kier alpha value is -1.18. The van der Waals surface area contributed by atoms with E-state index in [1.807, 2.05) is 0 Å². The molecule has 1 aromatic heterocycles. The first kappa shape index (κ1) is 12.9. The van der Waals surface area contributed by atoms with E-state index in [-0.39, 0.29) is 5.56 Å². The molecule has 1 rings (SSSR count). The lowest BCUT2D eigenvalue weighted by molar-refractivity contribution is -0.141. The number of alkyl halides is 2. The summed E-state index contributed by atoms with van der Waals surface area (Å²) < 4.78 is 3.69. The van der Waals surface area contributed by atoms with Gasteiger partial charge >= 0.3 is 11.9 Å². The molecule has 0 aliphatic carbocycles. The summed E-state index contributed by atoms with van der Waals surface area (Å²) in [4.78, 5) is 24.4. The molecule has 0 aliphatic heterocycles. The van der Waals surface area contributed by atoms with Crippen molar-refractivity contribution < 1.29 is 19.5 Å². The van der Waals surface area contributed by atoms with Crippen LogP contribution in [0.15, 0.2) is 16.7 Å². The number of rotatable bonds is 4. The van der Waals surface area contributed by atoms with E-state index in [0.717, 1.165) is 11.5 Å². The maximum atomic E-state index is 10.8. The fourth-order valence-electron chi connectivity index (χ4n) is 0.668. The first-order valence-electron chi connectivity index (χ1n) is 3.72. The highest BCUT2D eigenvalue weighted by Crippen LogP contribution is 2.07. The van der Waals surface area contributed by atoms with E-state index in [1.54, 1.807) is 0 Å². The van der Waals surface area contributed by atoms with Crippen molar-refractivity contribution in [2.45, 2.75) is 4.84 Å². The van der Waals surface area contributed by atoms with Gasteiger partial charge in [-0.3, -0.25) is 0 Å². The van der Waals surface area contributed by atoms with Gasteiger partial charge < -0.3 is 9.94 Å². The van der Waals surface area contributed by atoms with Gasteiger partial charge in [0, 0.05) is 10.9 Å². The highest BCUT2D eigenvalue weighted by molar-refractivity contribution is 7.03. The average Bonchev–Trinajstić information content (AvgIpc) is 2.70. The molecule has 0 atom stereocenters. The van der Waals surface area contributed by atoms with E-state index in [4.69, 9.17) is 28.3 Å². The van der Waals surface area contributed by atoms with Crippen LogP contribution in [0, 0.1) is 0 Å². The van der Waals surface area contributed by atoms with E-state index >= 15 is 0 Å². The maximum absolute atomic E-state index is 10.8. The zero-order chi connectivity index (χ0) is 12.1. The van der Waals surface area contributed by atoms with Crippen LogP contribution in [0.2, 0.25) is 0 Å². The van der Waals surface area contributed by atoms with Gasteiger partial charge in [0.15, 0.2) is 5.71 Å². The van der Waals surface area contributed by atoms with Crippen molar-refractivity contribution in [1.29, 1.82) is 0 Å². The van der Waals surface area contributed by atoms with Crippen molar-refractivity contribution in [3.63, 3.8) is 0 Å². The Morgan fingerprint density at radius 2 is 2.25 bits per heavy atom. The Bertz CT molecular complexity index is 418. The molecule has 0 radical (unpaired) electrons. The normalized spacial score (nSPS) is 11.6. The zero-order valence-corrected chi connectivity index (χ0v) is 9.79. The second-order valence-corrected chi connectivity index (χ2v) is 4.12. The topological polar surface area (TPSA) is 88.9 Å². The summed E-state index contributed by atoms with van der Waals surface area (Å²) in [7, 11) is 0. The summed E-state index contributed by atoms with van der Waals surface area (Å²) in [5.41, 5.74) is -0.220. The number of carboxylic acid groups (broad SMARTS) is 1. The van der Waals surface area contributed by atoms with Crippen LogP contribution in [0.25, 0.3) is 0 Å². The van der Waals surface area contributed by atoms with Gasteiger partial charge in [-0.15, -0.1) is 0 Å². The van der Waals surface area contributed by atoms with Gasteiger partial charge in [0.1, 0.15) is 0 Å². The van der Waals surface area contributed by atoms with Gasteiger partial charge in [0.05, 0.1) is 6.20 Å². The number of carboxylic acids is 1. The smallest absolute Gasteiger partial charge is 0.367 e. The van der Waals surface area contributed by atoms with E-state index in [0.29, 0.717) is 0 Å². The van der Waals surface area contributed by atoms with Crippen LogP contribution in [-0.2, 0) is 14.4 Å². The molecular formula is C7H4Cl2N2O4S. The third kappa shape index (κ3) is 3.44. The molecule has 0 saturated carbocycles. The second kappa shape index (κ2) is 5.78. The number of aliphatic carboxylic acids is 1. The van der Waals surface area contributed by atoms with Gasteiger partial charge in [-0.1, -0.05) is 28.4 Å². The predicted molar refractivity (Wildman–Crippen MR) is 57.9 cm³/mol. The fraction of sp³-hybridized carbons (Fsp3) is 0.143. The minimum Gasteiger partial charge on any atom is -0.476 e. The Balaban J connectivity index is 2.84. The first-order valence-corrected chi connectivity index (χ1v) is 5.43. The molecule has 0 saturated heterocycles. The minimum atomic E-state index is -1.42. The molecule has 1 aromatic rings. The third-order valence-corrected chi connectivity index (χ3v) is 2.26. The van der Waals surface area contributed by atoms with Gasteiger partial charge in [0.2, 0.25) is 4.84 Å². The Morgan fingerprint density at radius 1 is 1.56 bits per heavy atom. The molecule has 0 unspecified atom stereocenters. The molecule has 0 aromatic carbocycles. The molecule has 0 spiro atoms. The summed E-state index contributed by atoms with van der Waals surface area (Å²) in [6.07, 6.45) is 1.28. The van der Waals surface area contributed by atoms with Crippen LogP contribution < -0.4 is 0 Å². The van der Waals surface area contributed by atoms with Gasteiger partial charge in [-0.05, 0) is 11.5 Å². The van der Waals surface area contributed by atoms with Crippen molar-refractivity contribution in [3.8, 4) is 0 Å². The summed E-state index contributed by atoms with van der Waals surface area (Å²) in [6, 6.07) is 0. The van der Waals surface area contributed by atoms with E-state index < -0.39 is 22.5 Å². The van der Waals surface area contributed by atoms with Gasteiger partial charge in [-0.25, -0.2) is 14.0 Å². The fourth-order valence-corrected chi connectivity index (χ4v) is 1.27. The maximum Gasteiger partial charge on any atom is 0.367 e. The molecule has 0 fully saturated rings. The number of nitrogens with zero attached hydrogens (tertiary/aromatic N) is 2. The number of aromatic nitrogens is 1. The second-order valence-electron chi connectivity index (χ2n) is 2.37. The first-order chi connectivity index (χ1) is 7.52. The third-order valence-electron chi connectivity index (χ3n) is 1.31. The van der Waals surface area contributed by atoms with E-state index in [9.17, 15) is 9.59 Å². The molecule has 16 heavy (non-hydrogen) atoms. The van der Waals surface area contributed by atoms with Crippen LogP contribution in [-0.4, -0.2) is 32.0 Å². The standard InChI is InChI=1S/C7H4Cl2N2O4S/c8-5(9)7(14)15-11-4(6(12)13)3-1-10-16-2-3/h1-2,5H,(H,12,13). The van der Waals surface area contributed by atoms with Crippen LogP contribution in [0.1, 0.15) is 5.56 Å². The van der Waals surface area contributed by atoms with Crippen molar-refractivity contribution in [2.75, 3.05) is 0 Å². The Kier molecular flexibility index (Phi) is 4.66. The lowest BCUT2D eigenvalue weighted by atomic mass is 10.2. The SMILES string of the molecule is O=C(O)C(=NOC(=O)C(Cl)Cl)c1cnsc1. The number of oxime groups is 1. The number of halogens is 2. The molecule has 1 heterocycles. The van der Waals surface area contributed by atoms with Crippen LogP contribution in [0.3, 0.4) is 0 Å². The van der Waals surface area contributed by atoms with E-state index in [2.05, 4.69) is 14.4 Å². The van der Waals surface area contributed by atoms with Crippen molar-refractivity contribution in [2.24, 2.45) is 5.16 Å². The highest BCUT2D eigenvalue weighted by Gasteiger charge is 2.18. The van der Waals surface area contributed by atoms with E-state index in [1.165, 1.54) is 11.6 Å². The van der Waals surface area contributed by atoms with Crippen molar-refractivity contribution in [1.82, 2.24) is 4.37 Å². The predicted octanol–water partition coefficient (Wildman–Crippen LogP) is 1.28. The number of carbonyl (C=O) groups excluding carboxylic acids is 1. The molecule has 0 aliphatic rings. The Morgan fingerprint density at radius 3 is 2.69 bits per heavy atom. The summed E-state index contributed by atoms with van der Waals surface area (Å²) in [5.74, 6) is -2.40. The number of hydrogen-bond acceptors (Lipinski definition) is 6. The zero-order valence-electron chi connectivity index (χ0n) is 7.46. The van der Waals surface area contributed by atoms with Crippen molar-refractivity contribution >= 4 is 52.4 Å². The quantitative estimate of drug-likeness (QED) is 0.389. The molecule has 0 bridgehead atoms. The summed E-state index contributed by atoms with van der Waals surface area (Å²) in [5, 5.41) is 13.4. The molecule has 6 nitrogen and oxygen atoms in total.